The first-order chi connectivity index (χ1) is 18.9. The van der Waals surface area contributed by atoms with Crippen LogP contribution < -0.4 is 11.1 Å². The van der Waals surface area contributed by atoms with Crippen LogP contribution in [0.1, 0.15) is 12.7 Å². The third-order valence-electron chi connectivity index (χ3n) is 5.26. The third kappa shape index (κ3) is 5.99. The first kappa shape index (κ1) is 27.9. The van der Waals surface area contributed by atoms with Crippen molar-refractivity contribution in [2.75, 3.05) is 37.9 Å². The van der Waals surface area contributed by atoms with E-state index in [0.717, 1.165) is 23.3 Å². The van der Waals surface area contributed by atoms with E-state index < -0.39 is 29.9 Å². The van der Waals surface area contributed by atoms with Gasteiger partial charge in [-0.1, -0.05) is 29.6 Å². The monoisotopic (exact) mass is 580 g/mol. The van der Waals surface area contributed by atoms with Crippen LogP contribution >= 0.6 is 23.3 Å². The Morgan fingerprint density at radius 3 is 2.97 bits per heavy atom. The Hall–Kier alpha value is -4.10. The van der Waals surface area contributed by atoms with E-state index >= 15 is 0 Å². The average Bonchev–Trinajstić information content (AvgIpc) is 3.57. The topological polar surface area (TPSA) is 222 Å². The van der Waals surface area contributed by atoms with E-state index in [0.29, 0.717) is 5.16 Å². The van der Waals surface area contributed by atoms with E-state index in [1.807, 2.05) is 0 Å². The summed E-state index contributed by atoms with van der Waals surface area (Å²) in [5.41, 5.74) is 5.26. The van der Waals surface area contributed by atoms with Crippen molar-refractivity contribution in [1.29, 1.82) is 0 Å². The predicted octanol–water partition coefficient (Wildman–Crippen LogP) is -1.70. The highest BCUT2D eigenvalue weighted by Gasteiger charge is 2.55. The number of fused-ring (bicyclic) bond motifs is 1. The number of nitrogen functional groups attached to an aromatic ring is 1. The van der Waals surface area contributed by atoms with Gasteiger partial charge in [-0.2, -0.15) is 9.36 Å². The number of thioether (sulfide) groups is 1. The number of oxime groups is 1. The molecule has 0 unspecified atom stereocenters. The number of esters is 1. The van der Waals surface area contributed by atoms with Gasteiger partial charge in [-0.15, -0.1) is 5.10 Å². The Bertz CT molecular complexity index is 1310. The van der Waals surface area contributed by atoms with Gasteiger partial charge >= 0.3 is 5.97 Å². The van der Waals surface area contributed by atoms with Gasteiger partial charge in [0.05, 0.1) is 18.9 Å². The molecule has 2 aliphatic rings. The second-order valence-electron chi connectivity index (χ2n) is 7.71. The molecular formula is C20H24N10O7S2. The number of carbonyl (C=O) groups is 3. The summed E-state index contributed by atoms with van der Waals surface area (Å²) in [6, 6.07) is -1.74. The fourth-order valence-corrected chi connectivity index (χ4v) is 4.87. The van der Waals surface area contributed by atoms with Gasteiger partial charge in [-0.25, -0.2) is 9.48 Å². The number of tetrazole rings is 1. The molecule has 19 heteroatoms. The van der Waals surface area contributed by atoms with Gasteiger partial charge in [0.25, 0.3) is 11.8 Å². The van der Waals surface area contributed by atoms with Crippen LogP contribution in [0.2, 0.25) is 0 Å². The number of hydrogen-bond donors (Lipinski definition) is 3. The van der Waals surface area contributed by atoms with Gasteiger partial charge in [0, 0.05) is 11.5 Å². The number of ether oxygens (including phenoxy) is 2. The predicted molar refractivity (Wildman–Crippen MR) is 135 cm³/mol. The zero-order chi connectivity index (χ0) is 27.9. The molecule has 2 aromatic heterocycles. The van der Waals surface area contributed by atoms with Gasteiger partial charge < -0.3 is 30.5 Å². The van der Waals surface area contributed by atoms with Gasteiger partial charge in [-0.3, -0.25) is 14.5 Å². The summed E-state index contributed by atoms with van der Waals surface area (Å²) < 4.78 is 16.4. The van der Waals surface area contributed by atoms with E-state index in [2.05, 4.69) is 41.9 Å². The summed E-state index contributed by atoms with van der Waals surface area (Å²) in [7, 11) is 0. The van der Waals surface area contributed by atoms with Gasteiger partial charge in [0.15, 0.2) is 10.8 Å². The molecule has 2 aliphatic heterocycles. The second-order valence-corrected chi connectivity index (χ2v) is 9.43. The van der Waals surface area contributed by atoms with Crippen molar-refractivity contribution in [2.24, 2.45) is 5.16 Å². The summed E-state index contributed by atoms with van der Waals surface area (Å²) in [4.78, 5) is 49.4. The lowest BCUT2D eigenvalue weighted by Crippen LogP contribution is -2.73. The highest BCUT2D eigenvalue weighted by molar-refractivity contribution is 7.99. The summed E-state index contributed by atoms with van der Waals surface area (Å²) >= 11 is 2.01. The quantitative estimate of drug-likeness (QED) is 0.0600. The van der Waals surface area contributed by atoms with Crippen molar-refractivity contribution in [2.45, 2.75) is 30.7 Å². The lowest BCUT2D eigenvalue weighted by atomic mass is 9.92. The molecule has 2 aromatic rings. The summed E-state index contributed by atoms with van der Waals surface area (Å²) in [5, 5.41) is 27.3. The van der Waals surface area contributed by atoms with Crippen LogP contribution in [0.25, 0.3) is 0 Å². The molecule has 4 heterocycles. The molecule has 4 N–H and O–H groups in total. The van der Waals surface area contributed by atoms with Crippen LogP contribution in [-0.2, 0) is 35.2 Å². The molecule has 2 atom stereocenters. The van der Waals surface area contributed by atoms with E-state index in [-0.39, 0.29) is 66.8 Å². The number of nitrogens with two attached hydrogens (primary N) is 1. The lowest BCUT2D eigenvalue weighted by molar-refractivity contribution is -0.161. The van der Waals surface area contributed by atoms with Crippen molar-refractivity contribution in [1.82, 2.24) is 39.8 Å². The molecule has 0 aromatic carbocycles. The van der Waals surface area contributed by atoms with Crippen molar-refractivity contribution < 1.29 is 33.8 Å². The summed E-state index contributed by atoms with van der Waals surface area (Å²) in [5.74, 6) is -1.93. The zero-order valence-electron chi connectivity index (χ0n) is 20.6. The summed E-state index contributed by atoms with van der Waals surface area (Å²) in [6.45, 7) is 5.27. The van der Waals surface area contributed by atoms with Crippen LogP contribution in [0, 0.1) is 0 Å². The molecule has 2 amide bonds. The molecule has 1 saturated heterocycles. The molecule has 0 radical (unpaired) electrons. The molecule has 4 rings (SSSR count). The molecule has 0 spiro atoms. The normalized spacial score (nSPS) is 18.7. The number of nitrogens with zero attached hydrogens (tertiary/aromatic N) is 8. The Morgan fingerprint density at radius 2 is 2.28 bits per heavy atom. The Kier molecular flexibility index (Phi) is 9.04. The molecule has 1 fully saturated rings. The number of β-lactam (4-membered cyclic amide) rings is 1. The molecule has 208 valence electrons. The Balaban J connectivity index is 1.53. The van der Waals surface area contributed by atoms with Crippen molar-refractivity contribution in [3.05, 3.63) is 29.9 Å². The molecule has 39 heavy (non-hydrogen) atoms. The molecule has 0 aliphatic carbocycles. The minimum absolute atomic E-state index is 0.0216. The average molecular weight is 581 g/mol. The number of aliphatic hydroxyl groups is 1. The van der Waals surface area contributed by atoms with Crippen molar-refractivity contribution >= 4 is 51.9 Å². The summed E-state index contributed by atoms with van der Waals surface area (Å²) in [6.07, 6.45) is 1.39. The van der Waals surface area contributed by atoms with Crippen LogP contribution in [-0.4, -0.2) is 107 Å². The smallest absolute Gasteiger partial charge is 0.358 e. The van der Waals surface area contributed by atoms with Crippen molar-refractivity contribution in [3.63, 3.8) is 0 Å². The zero-order valence-corrected chi connectivity index (χ0v) is 22.2. The Morgan fingerprint density at radius 1 is 1.46 bits per heavy atom. The van der Waals surface area contributed by atoms with E-state index in [4.69, 9.17) is 20.0 Å². The largest absolute Gasteiger partial charge is 0.492 e. The van der Waals surface area contributed by atoms with E-state index in [1.54, 1.807) is 6.92 Å². The highest BCUT2D eigenvalue weighted by atomic mass is 32.2. The lowest BCUT2D eigenvalue weighted by Gasteiger charge is -2.49. The first-order valence-electron chi connectivity index (χ1n) is 11.5. The Labute approximate surface area is 229 Å². The number of nitrogens with one attached hydrogen (secondary N) is 1. The van der Waals surface area contributed by atoms with Crippen LogP contribution in [0.15, 0.2) is 34.4 Å². The second kappa shape index (κ2) is 12.6. The molecule has 0 saturated carbocycles. The SMILES string of the molecule is C=CCOC(=O)C1=C(CSc2nnnn2CCO)OC[C@@H]2[C@H](NC(=O)/C(=N\OCC)c3nsc(N)n3)C(=O)N12. The van der Waals surface area contributed by atoms with Gasteiger partial charge in [0.1, 0.15) is 37.7 Å². The first-order valence-corrected chi connectivity index (χ1v) is 13.2. The maximum Gasteiger partial charge on any atom is 0.358 e. The van der Waals surface area contributed by atoms with E-state index in [9.17, 15) is 19.5 Å². The molecule has 17 nitrogen and oxygen atoms in total. The minimum atomic E-state index is -1.03. The van der Waals surface area contributed by atoms with Gasteiger partial charge in [-0.05, 0) is 17.4 Å². The van der Waals surface area contributed by atoms with Crippen LogP contribution in [0.3, 0.4) is 0 Å². The number of anilines is 1. The van der Waals surface area contributed by atoms with E-state index in [1.165, 1.54) is 15.7 Å². The number of hydrogen-bond acceptors (Lipinski definition) is 16. The minimum Gasteiger partial charge on any atom is -0.492 e. The maximum absolute atomic E-state index is 13.2. The highest BCUT2D eigenvalue weighted by Crippen LogP contribution is 2.35. The van der Waals surface area contributed by atoms with Gasteiger partial charge in [0.2, 0.25) is 16.7 Å². The number of aromatic nitrogens is 6. The third-order valence-corrected chi connectivity index (χ3v) is 6.76. The standard InChI is InChI=1S/C20H24N10O7S2/c1-3-7-35-18(34)14-11(9-38-20-24-27-28-29(20)5-6-31)36-8-10-12(17(33)30(10)14)22-16(32)13(25-37-4-2)15-23-19(21)39-26-15/h3,10,12,31H,1,4-9H2,2H3,(H,22,32)(H2,21,23,26)/b25-13-/t10-,12+/m1/s1. The molecule has 0 bridgehead atoms. The fourth-order valence-electron chi connectivity index (χ4n) is 3.58. The maximum atomic E-state index is 13.2. The number of rotatable bonds is 13. The van der Waals surface area contributed by atoms with Crippen LogP contribution in [0.4, 0.5) is 5.13 Å². The number of carbonyl (C=O) groups excluding carboxylic acids is 3. The number of amides is 2. The molecular weight excluding hydrogens is 556 g/mol. The van der Waals surface area contributed by atoms with Crippen molar-refractivity contribution in [3.8, 4) is 0 Å². The van der Waals surface area contributed by atoms with Crippen LogP contribution in [0.5, 0.6) is 0 Å². The number of aliphatic hydroxyl groups excluding tert-OH is 1. The fraction of sp³-hybridized carbons (Fsp3) is 0.450.